The molecule has 5 aliphatic heterocycles. The topological polar surface area (TPSA) is 103 Å². The summed E-state index contributed by atoms with van der Waals surface area (Å²) in [6, 6.07) is -1.50. The molecule has 0 aromatic carbocycles. The third kappa shape index (κ3) is 4.08. The molecule has 0 radical (unpaired) electrons. The van der Waals surface area contributed by atoms with Crippen LogP contribution in [-0.4, -0.2) is 132 Å². The molecule has 0 bridgehead atoms. The van der Waals surface area contributed by atoms with Gasteiger partial charge >= 0.3 is 0 Å². The lowest BCUT2D eigenvalue weighted by molar-refractivity contribution is -0.151. The highest BCUT2D eigenvalue weighted by atomic mass is 16.5. The Labute approximate surface area is 212 Å². The predicted molar refractivity (Wildman–Crippen MR) is 131 cm³/mol. The van der Waals surface area contributed by atoms with Gasteiger partial charge in [-0.1, -0.05) is 31.2 Å². The van der Waals surface area contributed by atoms with E-state index in [0.29, 0.717) is 39.4 Å². The SMILES string of the molecule is CCCN1CC=C[C@@H]2O[C@]34C=CCN(CCN5CCOCC5)C(=O)C3N([C@H](C)CO)C(=O)[C@@H]4[C@@H]2C1=O. The number of hydrogen-bond donors (Lipinski definition) is 1. The second-order valence-corrected chi connectivity index (χ2v) is 10.5. The molecule has 0 aromatic heterocycles. The van der Waals surface area contributed by atoms with Crippen LogP contribution in [0.5, 0.6) is 0 Å². The molecule has 0 aromatic rings. The number of nitrogens with zero attached hydrogens (tertiary/aromatic N) is 4. The maximum atomic E-state index is 14.1. The zero-order chi connectivity index (χ0) is 25.4. The number of rotatable bonds is 7. The van der Waals surface area contributed by atoms with Gasteiger partial charge < -0.3 is 29.3 Å². The van der Waals surface area contributed by atoms with Gasteiger partial charge in [-0.15, -0.1) is 0 Å². The minimum absolute atomic E-state index is 0.103. The first kappa shape index (κ1) is 25.4. The van der Waals surface area contributed by atoms with Crippen LogP contribution in [-0.2, 0) is 23.9 Å². The van der Waals surface area contributed by atoms with Crippen molar-refractivity contribution in [3.63, 3.8) is 0 Å². The first-order valence-corrected chi connectivity index (χ1v) is 13.3. The standard InChI is InChI=1S/C26H38N4O6/c1-3-8-28-9-4-6-19-20(23(28)32)21-24(33)30(18(2)17-31)22-25(34)29(10-5-7-26(21,22)36-19)12-11-27-13-15-35-16-14-27/h4-7,18-22,31H,3,8-17H2,1-2H3/t18-,19+,20-,21+,22?,26+/m1/s1. The molecular weight excluding hydrogens is 464 g/mol. The highest BCUT2D eigenvalue weighted by molar-refractivity contribution is 6.00. The zero-order valence-corrected chi connectivity index (χ0v) is 21.3. The third-order valence-corrected chi connectivity index (χ3v) is 8.29. The largest absolute Gasteiger partial charge is 0.394 e. The van der Waals surface area contributed by atoms with Gasteiger partial charge in [0.15, 0.2) is 0 Å². The summed E-state index contributed by atoms with van der Waals surface area (Å²) < 4.78 is 12.0. The van der Waals surface area contributed by atoms with Gasteiger partial charge in [-0.3, -0.25) is 19.3 Å². The van der Waals surface area contributed by atoms with Crippen LogP contribution in [0, 0.1) is 11.8 Å². The Balaban J connectivity index is 1.48. The third-order valence-electron chi connectivity index (χ3n) is 8.29. The number of morpholine rings is 1. The van der Waals surface area contributed by atoms with Gasteiger partial charge in [0.25, 0.3) is 0 Å². The molecule has 3 saturated heterocycles. The Bertz CT molecular complexity index is 933. The van der Waals surface area contributed by atoms with E-state index in [4.69, 9.17) is 9.47 Å². The molecule has 5 rings (SSSR count). The first-order chi connectivity index (χ1) is 17.4. The van der Waals surface area contributed by atoms with Crippen LogP contribution in [0.3, 0.4) is 0 Å². The van der Waals surface area contributed by atoms with Crippen molar-refractivity contribution in [2.24, 2.45) is 11.8 Å². The molecule has 3 amide bonds. The predicted octanol–water partition coefficient (Wildman–Crippen LogP) is -0.513. The van der Waals surface area contributed by atoms with E-state index < -0.39 is 35.6 Å². The van der Waals surface area contributed by atoms with Crippen LogP contribution in [0.25, 0.3) is 0 Å². The molecule has 5 aliphatic rings. The van der Waals surface area contributed by atoms with E-state index in [2.05, 4.69) is 4.90 Å². The lowest BCUT2D eigenvalue weighted by atomic mass is 9.77. The second kappa shape index (κ2) is 10.2. The number of likely N-dealkylation sites (tertiary alicyclic amines) is 1. The number of ether oxygens (including phenoxy) is 2. The number of hydrogen-bond acceptors (Lipinski definition) is 7. The van der Waals surface area contributed by atoms with Gasteiger partial charge in [-0.2, -0.15) is 0 Å². The van der Waals surface area contributed by atoms with Crippen LogP contribution in [0.2, 0.25) is 0 Å². The number of fused-ring (bicyclic) bond motifs is 2. The van der Waals surface area contributed by atoms with Gasteiger partial charge in [0.2, 0.25) is 17.7 Å². The Morgan fingerprint density at radius 2 is 1.75 bits per heavy atom. The van der Waals surface area contributed by atoms with E-state index in [0.717, 1.165) is 26.1 Å². The van der Waals surface area contributed by atoms with E-state index in [-0.39, 0.29) is 24.3 Å². The minimum Gasteiger partial charge on any atom is -0.394 e. The second-order valence-electron chi connectivity index (χ2n) is 10.5. The molecular formula is C26H38N4O6. The zero-order valence-electron chi connectivity index (χ0n) is 21.3. The molecule has 1 unspecified atom stereocenters. The Morgan fingerprint density at radius 3 is 2.47 bits per heavy atom. The first-order valence-electron chi connectivity index (χ1n) is 13.3. The van der Waals surface area contributed by atoms with E-state index in [1.807, 2.05) is 31.2 Å². The normalized spacial score (nSPS) is 35.5. The average Bonchev–Trinajstić information content (AvgIpc) is 3.22. The van der Waals surface area contributed by atoms with Crippen molar-refractivity contribution in [1.82, 2.24) is 19.6 Å². The summed E-state index contributed by atoms with van der Waals surface area (Å²) in [7, 11) is 0. The summed E-state index contributed by atoms with van der Waals surface area (Å²) in [5.41, 5.74) is -1.24. The lowest BCUT2D eigenvalue weighted by Crippen LogP contribution is -2.58. The monoisotopic (exact) mass is 502 g/mol. The van der Waals surface area contributed by atoms with Crippen molar-refractivity contribution in [3.05, 3.63) is 24.3 Å². The van der Waals surface area contributed by atoms with E-state index >= 15 is 0 Å². The number of aliphatic hydroxyl groups excluding tert-OH is 1. The molecule has 0 saturated carbocycles. The van der Waals surface area contributed by atoms with E-state index in [1.165, 1.54) is 4.90 Å². The summed E-state index contributed by atoms with van der Waals surface area (Å²) in [5.74, 6) is -2.09. The van der Waals surface area contributed by atoms with Crippen molar-refractivity contribution in [2.75, 3.05) is 65.6 Å². The molecule has 0 aliphatic carbocycles. The highest BCUT2D eigenvalue weighted by Crippen LogP contribution is 2.53. The molecule has 1 spiro atoms. The van der Waals surface area contributed by atoms with Crippen molar-refractivity contribution in [1.29, 1.82) is 0 Å². The molecule has 198 valence electrons. The minimum atomic E-state index is -1.24. The smallest absolute Gasteiger partial charge is 0.249 e. The van der Waals surface area contributed by atoms with Crippen molar-refractivity contribution in [2.45, 2.75) is 44.1 Å². The number of aliphatic hydroxyl groups is 1. The summed E-state index contributed by atoms with van der Waals surface area (Å²) in [6.07, 6.45) is 7.83. The fourth-order valence-corrected chi connectivity index (χ4v) is 6.50. The van der Waals surface area contributed by atoms with Gasteiger partial charge in [0, 0.05) is 45.8 Å². The summed E-state index contributed by atoms with van der Waals surface area (Å²) in [5, 5.41) is 10.0. The summed E-state index contributed by atoms with van der Waals surface area (Å²) in [6.45, 7) is 9.24. The highest BCUT2D eigenvalue weighted by Gasteiger charge is 2.72. The van der Waals surface area contributed by atoms with Gasteiger partial charge in [0.05, 0.1) is 43.8 Å². The summed E-state index contributed by atoms with van der Waals surface area (Å²) >= 11 is 0. The van der Waals surface area contributed by atoms with Crippen LogP contribution < -0.4 is 0 Å². The van der Waals surface area contributed by atoms with Crippen LogP contribution in [0.1, 0.15) is 20.3 Å². The lowest BCUT2D eigenvalue weighted by Gasteiger charge is -2.38. The van der Waals surface area contributed by atoms with Crippen LogP contribution in [0.4, 0.5) is 0 Å². The molecule has 6 atom stereocenters. The molecule has 5 heterocycles. The number of carbonyl (C=O) groups is 3. The maximum absolute atomic E-state index is 14.1. The van der Waals surface area contributed by atoms with Crippen molar-refractivity contribution in [3.8, 4) is 0 Å². The Morgan fingerprint density at radius 1 is 1.03 bits per heavy atom. The quantitative estimate of drug-likeness (QED) is 0.468. The maximum Gasteiger partial charge on any atom is 0.249 e. The fourth-order valence-electron chi connectivity index (χ4n) is 6.50. The Hall–Kier alpha value is -2.27. The van der Waals surface area contributed by atoms with Crippen molar-refractivity contribution >= 4 is 17.7 Å². The molecule has 1 N–H and O–H groups in total. The van der Waals surface area contributed by atoms with Crippen LogP contribution in [0.15, 0.2) is 24.3 Å². The number of carbonyl (C=O) groups excluding carboxylic acids is 3. The van der Waals surface area contributed by atoms with Gasteiger partial charge in [-0.05, 0) is 13.3 Å². The molecule has 36 heavy (non-hydrogen) atoms. The average molecular weight is 503 g/mol. The molecule has 10 heteroatoms. The number of amides is 3. The Kier molecular flexibility index (Phi) is 7.22. The molecule has 10 nitrogen and oxygen atoms in total. The van der Waals surface area contributed by atoms with Gasteiger partial charge in [-0.25, -0.2) is 0 Å². The summed E-state index contributed by atoms with van der Waals surface area (Å²) in [4.78, 5) is 49.1. The van der Waals surface area contributed by atoms with Crippen molar-refractivity contribution < 1.29 is 29.0 Å². The fraction of sp³-hybridized carbons (Fsp3) is 0.731. The van der Waals surface area contributed by atoms with E-state index in [9.17, 15) is 19.5 Å². The van der Waals surface area contributed by atoms with E-state index in [1.54, 1.807) is 16.7 Å². The van der Waals surface area contributed by atoms with Crippen LogP contribution >= 0.6 is 0 Å². The van der Waals surface area contributed by atoms with Gasteiger partial charge in [0.1, 0.15) is 11.6 Å². The molecule has 3 fully saturated rings.